The summed E-state index contributed by atoms with van der Waals surface area (Å²) in [6.07, 6.45) is 0.314. The highest BCUT2D eigenvalue weighted by molar-refractivity contribution is 7.99. The molecular formula is C18H16ClN3O3S. The zero-order valence-electron chi connectivity index (χ0n) is 13.9. The molecule has 0 unspecified atom stereocenters. The predicted octanol–water partition coefficient (Wildman–Crippen LogP) is 4.52. The zero-order valence-corrected chi connectivity index (χ0v) is 15.5. The summed E-state index contributed by atoms with van der Waals surface area (Å²) in [5, 5.41) is 11.8. The van der Waals surface area contributed by atoms with E-state index in [1.807, 2.05) is 24.3 Å². The maximum atomic E-state index is 12.0. The summed E-state index contributed by atoms with van der Waals surface area (Å²) in [5.74, 6) is 1.54. The molecule has 2 aromatic carbocycles. The Hall–Kier alpha value is -2.51. The van der Waals surface area contributed by atoms with Gasteiger partial charge in [0.05, 0.1) is 7.11 Å². The molecule has 3 rings (SSSR count). The smallest absolute Gasteiger partial charge is 0.276 e. The number of carbonyl (C=O) groups is 1. The van der Waals surface area contributed by atoms with Crippen molar-refractivity contribution in [2.24, 2.45) is 0 Å². The summed E-state index contributed by atoms with van der Waals surface area (Å²) in [4.78, 5) is 12.0. The minimum atomic E-state index is -0.104. The van der Waals surface area contributed by atoms with Crippen molar-refractivity contribution in [3.63, 3.8) is 0 Å². The highest BCUT2D eigenvalue weighted by Gasteiger charge is 2.11. The maximum Gasteiger partial charge on any atom is 0.276 e. The van der Waals surface area contributed by atoms with Crippen LogP contribution in [0.5, 0.6) is 5.75 Å². The lowest BCUT2D eigenvalue weighted by Gasteiger charge is -2.04. The number of rotatable bonds is 7. The first-order valence-electron chi connectivity index (χ1n) is 7.80. The molecular weight excluding hydrogens is 374 g/mol. The summed E-state index contributed by atoms with van der Waals surface area (Å²) >= 11 is 7.22. The number of thioether (sulfide) groups is 1. The number of anilines is 1. The van der Waals surface area contributed by atoms with Crippen LogP contribution in [0.1, 0.15) is 6.42 Å². The Morgan fingerprint density at radius 3 is 2.88 bits per heavy atom. The number of methoxy groups -OCH3 is 1. The fourth-order valence-corrected chi connectivity index (χ4v) is 3.05. The third-order valence-electron chi connectivity index (χ3n) is 3.39. The number of nitrogens with one attached hydrogen (secondary N) is 1. The Bertz CT molecular complexity index is 901. The molecule has 0 fully saturated rings. The van der Waals surface area contributed by atoms with Crippen molar-refractivity contribution in [2.75, 3.05) is 18.2 Å². The van der Waals surface area contributed by atoms with Crippen LogP contribution in [-0.2, 0) is 4.79 Å². The van der Waals surface area contributed by atoms with Gasteiger partial charge in [0.2, 0.25) is 11.8 Å². The molecule has 1 N–H and O–H groups in total. The number of halogens is 1. The minimum Gasteiger partial charge on any atom is -0.497 e. The molecule has 1 heterocycles. The Morgan fingerprint density at radius 1 is 1.23 bits per heavy atom. The number of amides is 1. The molecule has 0 saturated carbocycles. The van der Waals surface area contributed by atoms with Crippen LogP contribution in [0.4, 0.5) is 5.69 Å². The molecule has 3 aromatic rings. The van der Waals surface area contributed by atoms with Gasteiger partial charge in [0.15, 0.2) is 0 Å². The van der Waals surface area contributed by atoms with Crippen LogP contribution in [0.3, 0.4) is 0 Å². The number of carbonyl (C=O) groups excluding carboxylic acids is 1. The lowest BCUT2D eigenvalue weighted by molar-refractivity contribution is -0.115. The molecule has 26 heavy (non-hydrogen) atoms. The van der Waals surface area contributed by atoms with Gasteiger partial charge in [-0.3, -0.25) is 4.79 Å². The SMILES string of the molecule is COc1cccc(-c2nnc(SCCC(=O)Nc3cccc(Cl)c3)o2)c1. The van der Waals surface area contributed by atoms with Gasteiger partial charge in [-0.1, -0.05) is 35.5 Å². The van der Waals surface area contributed by atoms with Gasteiger partial charge < -0.3 is 14.5 Å². The lowest BCUT2D eigenvalue weighted by atomic mass is 10.2. The Morgan fingerprint density at radius 2 is 2.08 bits per heavy atom. The first-order chi connectivity index (χ1) is 12.6. The summed E-state index contributed by atoms with van der Waals surface area (Å²) in [6, 6.07) is 14.4. The number of nitrogens with zero attached hydrogens (tertiary/aromatic N) is 2. The molecule has 0 bridgehead atoms. The summed E-state index contributed by atoms with van der Waals surface area (Å²) in [5.41, 5.74) is 1.45. The third-order valence-corrected chi connectivity index (χ3v) is 4.44. The third kappa shape index (κ3) is 5.00. The van der Waals surface area contributed by atoms with Crippen LogP contribution in [0.2, 0.25) is 5.02 Å². The van der Waals surface area contributed by atoms with Gasteiger partial charge in [0, 0.05) is 28.4 Å². The molecule has 1 amide bonds. The number of ether oxygens (including phenoxy) is 1. The maximum absolute atomic E-state index is 12.0. The molecule has 1 aromatic heterocycles. The van der Waals surface area contributed by atoms with Crippen LogP contribution in [0.25, 0.3) is 11.5 Å². The molecule has 8 heteroatoms. The average molecular weight is 390 g/mol. The molecule has 0 aliphatic carbocycles. The van der Waals surface area contributed by atoms with Crippen molar-refractivity contribution < 1.29 is 13.9 Å². The van der Waals surface area contributed by atoms with Crippen molar-refractivity contribution >= 4 is 35.0 Å². The number of hydrogen-bond acceptors (Lipinski definition) is 6. The topological polar surface area (TPSA) is 77.2 Å². The Labute approximate surface area is 159 Å². The summed E-state index contributed by atoms with van der Waals surface area (Å²) < 4.78 is 10.8. The first-order valence-corrected chi connectivity index (χ1v) is 9.16. The monoisotopic (exact) mass is 389 g/mol. The molecule has 0 saturated heterocycles. The fourth-order valence-electron chi connectivity index (χ4n) is 2.16. The van der Waals surface area contributed by atoms with Crippen molar-refractivity contribution in [1.29, 1.82) is 0 Å². The van der Waals surface area contributed by atoms with E-state index in [-0.39, 0.29) is 5.91 Å². The Kier molecular flexibility index (Phi) is 6.14. The molecule has 134 valence electrons. The molecule has 0 radical (unpaired) electrons. The normalized spacial score (nSPS) is 10.5. The van der Waals surface area contributed by atoms with E-state index in [4.69, 9.17) is 20.8 Å². The average Bonchev–Trinajstić information content (AvgIpc) is 3.11. The van der Waals surface area contributed by atoms with Crippen molar-refractivity contribution in [3.05, 3.63) is 53.6 Å². The van der Waals surface area contributed by atoms with E-state index >= 15 is 0 Å². The van der Waals surface area contributed by atoms with Crippen molar-refractivity contribution in [3.8, 4) is 17.2 Å². The van der Waals surface area contributed by atoms with E-state index in [2.05, 4.69) is 15.5 Å². The fraction of sp³-hybridized carbons (Fsp3) is 0.167. The highest BCUT2D eigenvalue weighted by Crippen LogP contribution is 2.26. The molecule has 6 nitrogen and oxygen atoms in total. The van der Waals surface area contributed by atoms with Crippen molar-refractivity contribution in [1.82, 2.24) is 10.2 Å². The number of aromatic nitrogens is 2. The van der Waals surface area contributed by atoms with Gasteiger partial charge in [0.25, 0.3) is 5.22 Å². The lowest BCUT2D eigenvalue weighted by Crippen LogP contribution is -2.12. The first kappa shape index (κ1) is 18.3. The van der Waals surface area contributed by atoms with E-state index in [1.165, 1.54) is 11.8 Å². The van der Waals surface area contributed by atoms with E-state index in [9.17, 15) is 4.79 Å². The zero-order chi connectivity index (χ0) is 18.4. The van der Waals surface area contributed by atoms with Crippen LogP contribution in [0, 0.1) is 0 Å². The summed E-state index contributed by atoms with van der Waals surface area (Å²) in [6.45, 7) is 0. The van der Waals surface area contributed by atoms with Crippen LogP contribution < -0.4 is 10.1 Å². The molecule has 0 spiro atoms. The minimum absolute atomic E-state index is 0.104. The second-order valence-electron chi connectivity index (χ2n) is 5.26. The number of hydrogen-bond donors (Lipinski definition) is 1. The Balaban J connectivity index is 1.51. The quantitative estimate of drug-likeness (QED) is 0.598. The van der Waals surface area contributed by atoms with Crippen LogP contribution in [0.15, 0.2) is 58.2 Å². The van der Waals surface area contributed by atoms with Gasteiger partial charge in [-0.05, 0) is 36.4 Å². The van der Waals surface area contributed by atoms with Gasteiger partial charge in [-0.25, -0.2) is 0 Å². The standard InChI is InChI=1S/C18H16ClN3O3S/c1-24-15-7-2-4-12(10-15)17-21-22-18(25-17)26-9-8-16(23)20-14-6-3-5-13(19)11-14/h2-7,10-11H,8-9H2,1H3,(H,20,23). The number of benzene rings is 2. The highest BCUT2D eigenvalue weighted by atomic mass is 35.5. The van der Waals surface area contributed by atoms with E-state index in [1.54, 1.807) is 31.4 Å². The summed E-state index contributed by atoms with van der Waals surface area (Å²) in [7, 11) is 1.60. The van der Waals surface area contributed by atoms with Crippen LogP contribution in [-0.4, -0.2) is 29.0 Å². The van der Waals surface area contributed by atoms with Gasteiger partial charge in [-0.15, -0.1) is 10.2 Å². The van der Waals surface area contributed by atoms with E-state index < -0.39 is 0 Å². The van der Waals surface area contributed by atoms with Gasteiger partial charge >= 0.3 is 0 Å². The van der Waals surface area contributed by atoms with E-state index in [0.29, 0.717) is 39.7 Å². The van der Waals surface area contributed by atoms with Crippen molar-refractivity contribution in [2.45, 2.75) is 11.6 Å². The van der Waals surface area contributed by atoms with E-state index in [0.717, 1.165) is 5.56 Å². The van der Waals surface area contributed by atoms with Gasteiger partial charge in [0.1, 0.15) is 5.75 Å². The van der Waals surface area contributed by atoms with Gasteiger partial charge in [-0.2, -0.15) is 0 Å². The predicted molar refractivity (Wildman–Crippen MR) is 102 cm³/mol. The second kappa shape index (κ2) is 8.73. The van der Waals surface area contributed by atoms with Crippen LogP contribution >= 0.6 is 23.4 Å². The molecule has 0 aliphatic heterocycles. The second-order valence-corrected chi connectivity index (χ2v) is 6.74. The molecule has 0 atom stereocenters. The largest absolute Gasteiger partial charge is 0.497 e. The molecule has 0 aliphatic rings.